The smallest absolute Gasteiger partial charge is 0.261 e. The van der Waals surface area contributed by atoms with E-state index in [0.29, 0.717) is 22.4 Å². The molecule has 0 unspecified atom stereocenters. The van der Waals surface area contributed by atoms with Crippen LogP contribution >= 0.6 is 0 Å². The fourth-order valence-corrected chi connectivity index (χ4v) is 4.84. The molecule has 0 radical (unpaired) electrons. The second kappa shape index (κ2) is 8.05. The number of fused-ring (bicyclic) bond motifs is 2. The molecule has 0 bridgehead atoms. The zero-order chi connectivity index (χ0) is 20.5. The van der Waals surface area contributed by atoms with Gasteiger partial charge in [0.2, 0.25) is 0 Å². The lowest BCUT2D eigenvalue weighted by atomic mass is 9.90. The first-order chi connectivity index (χ1) is 14.7. The van der Waals surface area contributed by atoms with E-state index in [1.165, 1.54) is 5.56 Å². The van der Waals surface area contributed by atoms with E-state index in [1.54, 1.807) is 16.7 Å². The van der Waals surface area contributed by atoms with Crippen molar-refractivity contribution in [1.29, 1.82) is 0 Å². The number of carbonyl (C=O) groups excluding carboxylic acids is 1. The van der Waals surface area contributed by atoms with Gasteiger partial charge < -0.3 is 4.90 Å². The van der Waals surface area contributed by atoms with Crippen molar-refractivity contribution in [2.24, 2.45) is 5.92 Å². The summed E-state index contributed by atoms with van der Waals surface area (Å²) < 4.78 is 1.80. The molecule has 30 heavy (non-hydrogen) atoms. The summed E-state index contributed by atoms with van der Waals surface area (Å²) in [4.78, 5) is 32.5. The third kappa shape index (κ3) is 3.64. The summed E-state index contributed by atoms with van der Waals surface area (Å²) in [6.45, 7) is 2.32. The number of amides is 1. The normalized spacial score (nSPS) is 17.1. The summed E-state index contributed by atoms with van der Waals surface area (Å²) in [5.41, 5.74) is 2.68. The van der Waals surface area contributed by atoms with E-state index >= 15 is 0 Å². The Bertz CT molecular complexity index is 1130. The van der Waals surface area contributed by atoms with Crippen LogP contribution in [0.15, 0.2) is 53.3 Å². The minimum absolute atomic E-state index is 0.0235. The molecule has 5 rings (SSSR count). The second-order valence-electron chi connectivity index (χ2n) is 8.60. The van der Waals surface area contributed by atoms with Gasteiger partial charge in [0, 0.05) is 31.6 Å². The van der Waals surface area contributed by atoms with Crippen LogP contribution in [0.25, 0.3) is 10.9 Å². The Morgan fingerprint density at radius 1 is 1.00 bits per heavy atom. The second-order valence-corrected chi connectivity index (χ2v) is 8.60. The Kier molecular flexibility index (Phi) is 5.11. The average molecular weight is 402 g/mol. The fourth-order valence-electron chi connectivity index (χ4n) is 4.84. The third-order valence-corrected chi connectivity index (χ3v) is 6.58. The molecule has 1 aromatic heterocycles. The lowest BCUT2D eigenvalue weighted by molar-refractivity contribution is 0.0690. The molecule has 2 aromatic carbocycles. The highest BCUT2D eigenvalue weighted by Crippen LogP contribution is 2.24. The van der Waals surface area contributed by atoms with E-state index in [4.69, 9.17) is 4.98 Å². The van der Waals surface area contributed by atoms with Gasteiger partial charge in [-0.1, -0.05) is 30.3 Å². The molecule has 154 valence electrons. The largest absolute Gasteiger partial charge is 0.339 e. The number of aryl methyl sites for hydroxylation is 1. The van der Waals surface area contributed by atoms with E-state index in [-0.39, 0.29) is 11.5 Å². The molecule has 3 heterocycles. The van der Waals surface area contributed by atoms with E-state index < -0.39 is 0 Å². The van der Waals surface area contributed by atoms with Crippen LogP contribution in [0.1, 0.15) is 47.4 Å². The van der Waals surface area contributed by atoms with E-state index in [0.717, 1.165) is 64.0 Å². The van der Waals surface area contributed by atoms with Gasteiger partial charge in [-0.15, -0.1) is 0 Å². The van der Waals surface area contributed by atoms with Crippen LogP contribution in [0.2, 0.25) is 0 Å². The summed E-state index contributed by atoms with van der Waals surface area (Å²) in [6, 6.07) is 16.0. The van der Waals surface area contributed by atoms with Gasteiger partial charge >= 0.3 is 0 Å². The molecule has 0 spiro atoms. The van der Waals surface area contributed by atoms with Gasteiger partial charge in [0.15, 0.2) is 0 Å². The maximum Gasteiger partial charge on any atom is 0.261 e. The van der Waals surface area contributed by atoms with Gasteiger partial charge in [0.25, 0.3) is 11.5 Å². The van der Waals surface area contributed by atoms with Gasteiger partial charge in [-0.25, -0.2) is 4.98 Å². The molecular weight excluding hydrogens is 374 g/mol. The molecular formula is C25H27N3O2. The van der Waals surface area contributed by atoms with Crippen molar-refractivity contribution in [2.75, 3.05) is 13.1 Å². The highest BCUT2D eigenvalue weighted by Gasteiger charge is 2.24. The van der Waals surface area contributed by atoms with Crippen LogP contribution in [0.3, 0.4) is 0 Å². The molecule has 5 heteroatoms. The van der Waals surface area contributed by atoms with Crippen molar-refractivity contribution < 1.29 is 4.79 Å². The number of aromatic nitrogens is 2. The Hall–Kier alpha value is -2.95. The lowest BCUT2D eigenvalue weighted by Crippen LogP contribution is -2.39. The predicted molar refractivity (Wildman–Crippen MR) is 118 cm³/mol. The average Bonchev–Trinajstić information content (AvgIpc) is 2.80. The molecule has 0 aliphatic carbocycles. The van der Waals surface area contributed by atoms with Crippen LogP contribution in [0.5, 0.6) is 0 Å². The molecule has 2 aliphatic rings. The lowest BCUT2D eigenvalue weighted by Gasteiger charge is -2.32. The quantitative estimate of drug-likeness (QED) is 0.670. The minimum atomic E-state index is 0.0235. The Morgan fingerprint density at radius 3 is 2.60 bits per heavy atom. The zero-order valence-corrected chi connectivity index (χ0v) is 17.2. The summed E-state index contributed by atoms with van der Waals surface area (Å²) in [7, 11) is 0. The van der Waals surface area contributed by atoms with Crippen LogP contribution < -0.4 is 5.56 Å². The summed E-state index contributed by atoms with van der Waals surface area (Å²) in [5, 5.41) is 0.610. The number of nitrogens with zero attached hydrogens (tertiary/aromatic N) is 3. The number of likely N-dealkylation sites (tertiary alicyclic amines) is 1. The van der Waals surface area contributed by atoms with Crippen molar-refractivity contribution in [3.05, 3.63) is 75.8 Å². The van der Waals surface area contributed by atoms with Crippen molar-refractivity contribution in [1.82, 2.24) is 14.5 Å². The molecule has 1 saturated heterocycles. The number of piperidine rings is 1. The monoisotopic (exact) mass is 401 g/mol. The molecule has 2 aliphatic heterocycles. The molecule has 5 nitrogen and oxygen atoms in total. The SMILES string of the molecule is O=C(c1ccc2c(=O)n3c(nc2c1)CCCC3)N1CCC(Cc2ccccc2)CC1. The zero-order valence-electron chi connectivity index (χ0n) is 17.2. The topological polar surface area (TPSA) is 55.2 Å². The predicted octanol–water partition coefficient (Wildman–Crippen LogP) is 3.83. The van der Waals surface area contributed by atoms with Crippen molar-refractivity contribution >= 4 is 16.8 Å². The summed E-state index contributed by atoms with van der Waals surface area (Å²) >= 11 is 0. The standard InChI is InChI=1S/C25H27N3O2/c29-24(27-14-11-19(12-15-27)16-18-6-2-1-3-7-18)20-9-10-21-22(17-20)26-23-8-4-5-13-28(23)25(21)30/h1-3,6-7,9-10,17,19H,4-5,8,11-16H2. The Balaban J connectivity index is 1.31. The van der Waals surface area contributed by atoms with E-state index in [1.807, 2.05) is 17.0 Å². The van der Waals surface area contributed by atoms with Gasteiger partial charge in [0.1, 0.15) is 5.82 Å². The van der Waals surface area contributed by atoms with Crippen LogP contribution in [-0.2, 0) is 19.4 Å². The van der Waals surface area contributed by atoms with E-state index in [9.17, 15) is 9.59 Å². The molecule has 0 N–H and O–H groups in total. The first-order valence-corrected chi connectivity index (χ1v) is 11.1. The van der Waals surface area contributed by atoms with Crippen molar-refractivity contribution in [3.8, 4) is 0 Å². The molecule has 0 saturated carbocycles. The third-order valence-electron chi connectivity index (χ3n) is 6.58. The molecule has 1 amide bonds. The van der Waals surface area contributed by atoms with Gasteiger partial charge in [0.05, 0.1) is 10.9 Å². The summed E-state index contributed by atoms with van der Waals surface area (Å²) in [6.07, 6.45) is 6.06. The van der Waals surface area contributed by atoms with Gasteiger partial charge in [-0.2, -0.15) is 0 Å². The first kappa shape index (κ1) is 19.0. The number of benzene rings is 2. The summed E-state index contributed by atoms with van der Waals surface area (Å²) in [5.74, 6) is 1.53. The van der Waals surface area contributed by atoms with Crippen LogP contribution in [-0.4, -0.2) is 33.4 Å². The number of carbonyl (C=O) groups is 1. The molecule has 0 atom stereocenters. The highest BCUT2D eigenvalue weighted by molar-refractivity contribution is 5.97. The number of hydrogen-bond acceptors (Lipinski definition) is 3. The van der Waals surface area contributed by atoms with Crippen LogP contribution in [0.4, 0.5) is 0 Å². The van der Waals surface area contributed by atoms with Gasteiger partial charge in [-0.3, -0.25) is 14.2 Å². The van der Waals surface area contributed by atoms with Crippen molar-refractivity contribution in [3.63, 3.8) is 0 Å². The van der Waals surface area contributed by atoms with Crippen LogP contribution in [0, 0.1) is 5.92 Å². The molecule has 1 fully saturated rings. The number of hydrogen-bond donors (Lipinski definition) is 0. The highest BCUT2D eigenvalue weighted by atomic mass is 16.2. The van der Waals surface area contributed by atoms with Gasteiger partial charge in [-0.05, 0) is 61.8 Å². The fraction of sp³-hybridized carbons (Fsp3) is 0.400. The van der Waals surface area contributed by atoms with Crippen molar-refractivity contribution in [2.45, 2.75) is 45.1 Å². The molecule has 3 aromatic rings. The number of rotatable bonds is 3. The first-order valence-electron chi connectivity index (χ1n) is 11.1. The Morgan fingerprint density at radius 2 is 1.80 bits per heavy atom. The minimum Gasteiger partial charge on any atom is -0.339 e. The maximum atomic E-state index is 13.1. The maximum absolute atomic E-state index is 13.1. The van der Waals surface area contributed by atoms with E-state index in [2.05, 4.69) is 24.3 Å². The Labute approximate surface area is 176 Å².